The third kappa shape index (κ3) is 1.80. The summed E-state index contributed by atoms with van der Waals surface area (Å²) < 4.78 is 13.7. The van der Waals surface area contributed by atoms with Crippen molar-refractivity contribution >= 4 is 5.57 Å². The van der Waals surface area contributed by atoms with Gasteiger partial charge in [-0.1, -0.05) is 18.2 Å². The molecule has 1 aromatic carbocycles. The summed E-state index contributed by atoms with van der Waals surface area (Å²) in [4.78, 5) is 0. The molecule has 0 fully saturated rings. The number of aryl methyl sites for hydroxylation is 1. The minimum absolute atomic E-state index is 0.0874. The predicted octanol–water partition coefficient (Wildman–Crippen LogP) is 3.87. The fourth-order valence-electron chi connectivity index (χ4n) is 1.24. The van der Waals surface area contributed by atoms with Crippen LogP contribution in [0.15, 0.2) is 18.2 Å². The van der Waals surface area contributed by atoms with Gasteiger partial charge in [-0.25, -0.2) is 4.39 Å². The summed E-state index contributed by atoms with van der Waals surface area (Å²) in [5.74, 6) is -0.0874. The van der Waals surface area contributed by atoms with Crippen LogP contribution in [0.1, 0.15) is 30.5 Å². The molecule has 0 aliphatic carbocycles. The van der Waals surface area contributed by atoms with Gasteiger partial charge in [0.05, 0.1) is 0 Å². The molecule has 13 heavy (non-hydrogen) atoms. The van der Waals surface area contributed by atoms with Gasteiger partial charge in [0.25, 0.3) is 0 Å². The Kier molecular flexibility index (Phi) is 2.86. The van der Waals surface area contributed by atoms with Gasteiger partial charge in [0.15, 0.2) is 0 Å². The predicted molar refractivity (Wildman–Crippen MR) is 55.2 cm³/mol. The van der Waals surface area contributed by atoms with Crippen LogP contribution in [0.25, 0.3) is 5.57 Å². The van der Waals surface area contributed by atoms with Gasteiger partial charge in [0, 0.05) is 5.56 Å². The van der Waals surface area contributed by atoms with Crippen LogP contribution < -0.4 is 0 Å². The fraction of sp³-hybridized carbons (Fsp3) is 0.333. The number of hydrogen-bond donors (Lipinski definition) is 0. The highest BCUT2D eigenvalue weighted by molar-refractivity contribution is 5.65. The van der Waals surface area contributed by atoms with Crippen LogP contribution in [0.4, 0.5) is 4.39 Å². The van der Waals surface area contributed by atoms with Crippen LogP contribution in [0.2, 0.25) is 0 Å². The quantitative estimate of drug-likeness (QED) is 0.612. The average Bonchev–Trinajstić information content (AvgIpc) is 2.13. The first kappa shape index (κ1) is 9.97. The van der Waals surface area contributed by atoms with Crippen molar-refractivity contribution in [3.8, 4) is 0 Å². The molecule has 0 unspecified atom stereocenters. The number of halogens is 1. The van der Waals surface area contributed by atoms with Crippen LogP contribution in [-0.2, 0) is 0 Å². The Bertz CT molecular complexity index is 348. The third-order valence-corrected chi connectivity index (χ3v) is 2.52. The van der Waals surface area contributed by atoms with Crippen molar-refractivity contribution < 1.29 is 4.39 Å². The van der Waals surface area contributed by atoms with Gasteiger partial charge >= 0.3 is 0 Å². The number of benzene rings is 1. The van der Waals surface area contributed by atoms with Gasteiger partial charge in [0.1, 0.15) is 5.82 Å². The Morgan fingerprint density at radius 3 is 2.46 bits per heavy atom. The SMILES string of the molecule is C/C=C(\C)c1ccc(C)c(C)c1F. The zero-order valence-corrected chi connectivity index (χ0v) is 8.61. The van der Waals surface area contributed by atoms with E-state index in [-0.39, 0.29) is 5.82 Å². The largest absolute Gasteiger partial charge is 0.206 e. The maximum atomic E-state index is 13.7. The molecule has 0 nitrogen and oxygen atoms in total. The van der Waals surface area contributed by atoms with Gasteiger partial charge < -0.3 is 0 Å². The summed E-state index contributed by atoms with van der Waals surface area (Å²) in [5.41, 5.74) is 3.45. The molecule has 0 heterocycles. The number of hydrogen-bond acceptors (Lipinski definition) is 0. The summed E-state index contributed by atoms with van der Waals surface area (Å²) in [6, 6.07) is 3.80. The molecule has 0 aliphatic heterocycles. The van der Waals surface area contributed by atoms with Crippen molar-refractivity contribution in [3.05, 3.63) is 40.7 Å². The van der Waals surface area contributed by atoms with Gasteiger partial charge in [-0.15, -0.1) is 0 Å². The lowest BCUT2D eigenvalue weighted by Gasteiger charge is -2.07. The van der Waals surface area contributed by atoms with E-state index in [9.17, 15) is 4.39 Å². The molecule has 0 saturated heterocycles. The Morgan fingerprint density at radius 2 is 1.92 bits per heavy atom. The molecular weight excluding hydrogens is 163 g/mol. The minimum Gasteiger partial charge on any atom is -0.206 e. The van der Waals surface area contributed by atoms with Crippen LogP contribution in [0.3, 0.4) is 0 Å². The molecule has 0 spiro atoms. The van der Waals surface area contributed by atoms with E-state index in [1.54, 1.807) is 0 Å². The summed E-state index contributed by atoms with van der Waals surface area (Å²) in [7, 11) is 0. The maximum absolute atomic E-state index is 13.7. The summed E-state index contributed by atoms with van der Waals surface area (Å²) >= 11 is 0. The van der Waals surface area contributed by atoms with E-state index in [2.05, 4.69) is 0 Å². The van der Waals surface area contributed by atoms with Crippen molar-refractivity contribution in [1.29, 1.82) is 0 Å². The van der Waals surface area contributed by atoms with E-state index < -0.39 is 0 Å². The smallest absolute Gasteiger partial charge is 0.133 e. The van der Waals surface area contributed by atoms with Crippen LogP contribution >= 0.6 is 0 Å². The van der Waals surface area contributed by atoms with E-state index in [0.717, 1.165) is 16.7 Å². The molecule has 1 aromatic rings. The molecule has 0 N–H and O–H groups in total. The van der Waals surface area contributed by atoms with E-state index in [4.69, 9.17) is 0 Å². The zero-order chi connectivity index (χ0) is 10.0. The van der Waals surface area contributed by atoms with Crippen molar-refractivity contribution in [1.82, 2.24) is 0 Å². The van der Waals surface area contributed by atoms with E-state index in [0.29, 0.717) is 5.56 Å². The van der Waals surface area contributed by atoms with E-state index in [1.807, 2.05) is 45.9 Å². The van der Waals surface area contributed by atoms with Gasteiger partial charge in [-0.3, -0.25) is 0 Å². The third-order valence-electron chi connectivity index (χ3n) is 2.52. The molecule has 0 aromatic heterocycles. The Labute approximate surface area is 79.1 Å². The van der Waals surface area contributed by atoms with Crippen molar-refractivity contribution in [3.63, 3.8) is 0 Å². The topological polar surface area (TPSA) is 0 Å². The normalized spacial score (nSPS) is 11.9. The molecule has 0 bridgehead atoms. The molecule has 1 heteroatoms. The molecule has 0 saturated carbocycles. The molecule has 0 atom stereocenters. The monoisotopic (exact) mass is 178 g/mol. The average molecular weight is 178 g/mol. The summed E-state index contributed by atoms with van der Waals surface area (Å²) in [6.45, 7) is 7.58. The van der Waals surface area contributed by atoms with Crippen molar-refractivity contribution in [2.45, 2.75) is 27.7 Å². The molecule has 0 amide bonds. The highest BCUT2D eigenvalue weighted by Crippen LogP contribution is 2.22. The van der Waals surface area contributed by atoms with E-state index in [1.165, 1.54) is 0 Å². The van der Waals surface area contributed by atoms with Gasteiger partial charge in [0.2, 0.25) is 0 Å². The fourth-order valence-corrected chi connectivity index (χ4v) is 1.24. The Balaban J connectivity index is 3.34. The highest BCUT2D eigenvalue weighted by atomic mass is 19.1. The lowest BCUT2D eigenvalue weighted by Crippen LogP contribution is -1.93. The first-order valence-electron chi connectivity index (χ1n) is 4.47. The molecular formula is C12H15F. The molecule has 0 aliphatic rings. The first-order chi connectivity index (χ1) is 6.07. The van der Waals surface area contributed by atoms with E-state index >= 15 is 0 Å². The first-order valence-corrected chi connectivity index (χ1v) is 4.47. The second-order valence-electron chi connectivity index (χ2n) is 3.34. The maximum Gasteiger partial charge on any atom is 0.133 e. The molecule has 70 valence electrons. The van der Waals surface area contributed by atoms with Crippen molar-refractivity contribution in [2.24, 2.45) is 0 Å². The lowest BCUT2D eigenvalue weighted by atomic mass is 10.0. The summed E-state index contributed by atoms with van der Waals surface area (Å²) in [5, 5.41) is 0. The highest BCUT2D eigenvalue weighted by Gasteiger charge is 2.07. The standard InChI is InChI=1S/C12H15F/c1-5-8(2)11-7-6-9(3)10(4)12(11)13/h5-7H,1-4H3/b8-5+. The van der Waals surface area contributed by atoms with Crippen LogP contribution in [-0.4, -0.2) is 0 Å². The minimum atomic E-state index is -0.0874. The summed E-state index contributed by atoms with van der Waals surface area (Å²) in [6.07, 6.45) is 1.92. The Morgan fingerprint density at radius 1 is 1.31 bits per heavy atom. The van der Waals surface area contributed by atoms with Crippen LogP contribution in [0.5, 0.6) is 0 Å². The van der Waals surface area contributed by atoms with Crippen molar-refractivity contribution in [2.75, 3.05) is 0 Å². The zero-order valence-electron chi connectivity index (χ0n) is 8.61. The van der Waals surface area contributed by atoms with Gasteiger partial charge in [-0.05, 0) is 44.4 Å². The second-order valence-corrected chi connectivity index (χ2v) is 3.34. The molecule has 1 rings (SSSR count). The van der Waals surface area contributed by atoms with Gasteiger partial charge in [-0.2, -0.15) is 0 Å². The number of allylic oxidation sites excluding steroid dienone is 2. The van der Waals surface area contributed by atoms with Crippen LogP contribution in [0, 0.1) is 19.7 Å². The lowest BCUT2D eigenvalue weighted by molar-refractivity contribution is 0.613. The molecule has 0 radical (unpaired) electrons. The second kappa shape index (κ2) is 3.73. The number of rotatable bonds is 1. The Hall–Kier alpha value is -1.11.